The third kappa shape index (κ3) is 3.30. The highest BCUT2D eigenvalue weighted by Gasteiger charge is 2.31. The molecule has 2 unspecified atom stereocenters. The summed E-state index contributed by atoms with van der Waals surface area (Å²) in [7, 11) is 1.67. The Bertz CT molecular complexity index is 693. The number of ether oxygens (including phenoxy) is 1. The van der Waals surface area contributed by atoms with Gasteiger partial charge < -0.3 is 4.74 Å². The largest absolute Gasteiger partial charge is 0.497 e. The van der Waals surface area contributed by atoms with Crippen LogP contribution in [0.3, 0.4) is 0 Å². The molecule has 2 atom stereocenters. The van der Waals surface area contributed by atoms with Crippen molar-refractivity contribution in [3.05, 3.63) is 42.1 Å². The zero-order valence-electron chi connectivity index (χ0n) is 14.6. The van der Waals surface area contributed by atoms with E-state index in [1.165, 1.54) is 5.56 Å². The first kappa shape index (κ1) is 16.6. The first-order chi connectivity index (χ1) is 11.6. The van der Waals surface area contributed by atoms with Crippen molar-refractivity contribution in [1.29, 1.82) is 0 Å². The molecule has 0 saturated heterocycles. The van der Waals surface area contributed by atoms with Crippen LogP contribution in [0.5, 0.6) is 5.75 Å². The van der Waals surface area contributed by atoms with Gasteiger partial charge in [-0.15, -0.1) is 0 Å². The highest BCUT2D eigenvalue weighted by Crippen LogP contribution is 2.31. The van der Waals surface area contributed by atoms with Gasteiger partial charge in [0.15, 0.2) is 0 Å². The molecule has 2 heterocycles. The molecule has 5 heteroatoms. The highest BCUT2D eigenvalue weighted by molar-refractivity contribution is 5.93. The number of carbonyl (C=O) groups excluding carboxylic acids is 1. The standard InChI is InChI=1S/C19H25N3O2/c1-14-13-15(2)22-18(11-12-20-22)21(14)19(23)6-4-5-16-7-9-17(24-3)10-8-16/h7-12,14-15H,4-6,13H2,1-3H3. The van der Waals surface area contributed by atoms with Crippen LogP contribution in [-0.2, 0) is 11.2 Å². The van der Waals surface area contributed by atoms with Gasteiger partial charge in [0.25, 0.3) is 0 Å². The van der Waals surface area contributed by atoms with Crippen molar-refractivity contribution in [2.24, 2.45) is 0 Å². The van der Waals surface area contributed by atoms with E-state index in [1.807, 2.05) is 27.8 Å². The summed E-state index contributed by atoms with van der Waals surface area (Å²) in [6.45, 7) is 4.27. The number of fused-ring (bicyclic) bond motifs is 1. The van der Waals surface area contributed by atoms with E-state index in [1.54, 1.807) is 13.3 Å². The van der Waals surface area contributed by atoms with Crippen LogP contribution in [0.2, 0.25) is 0 Å². The Labute approximate surface area is 143 Å². The Hall–Kier alpha value is -2.30. The van der Waals surface area contributed by atoms with Crippen LogP contribution in [0.15, 0.2) is 36.5 Å². The van der Waals surface area contributed by atoms with Gasteiger partial charge >= 0.3 is 0 Å². The van der Waals surface area contributed by atoms with E-state index in [0.717, 1.165) is 30.8 Å². The Kier molecular flexibility index (Phi) is 4.88. The first-order valence-corrected chi connectivity index (χ1v) is 8.58. The van der Waals surface area contributed by atoms with Gasteiger partial charge in [-0.25, -0.2) is 4.68 Å². The molecule has 3 rings (SSSR count). The predicted molar refractivity (Wildman–Crippen MR) is 94.4 cm³/mol. The summed E-state index contributed by atoms with van der Waals surface area (Å²) >= 11 is 0. The van der Waals surface area contributed by atoms with Crippen molar-refractivity contribution in [2.45, 2.75) is 51.6 Å². The van der Waals surface area contributed by atoms with Crippen LogP contribution in [0.1, 0.15) is 44.7 Å². The third-order valence-corrected chi connectivity index (χ3v) is 4.72. The minimum absolute atomic E-state index is 0.185. The lowest BCUT2D eigenvalue weighted by molar-refractivity contribution is -0.119. The van der Waals surface area contributed by atoms with E-state index < -0.39 is 0 Å². The van der Waals surface area contributed by atoms with Gasteiger partial charge in [-0.1, -0.05) is 12.1 Å². The Balaban J connectivity index is 1.60. The van der Waals surface area contributed by atoms with E-state index >= 15 is 0 Å². The smallest absolute Gasteiger partial charge is 0.228 e. The maximum atomic E-state index is 12.7. The normalized spacial score (nSPS) is 19.9. The van der Waals surface area contributed by atoms with Crippen molar-refractivity contribution in [1.82, 2.24) is 9.78 Å². The molecule has 0 radical (unpaired) electrons. The molecule has 5 nitrogen and oxygen atoms in total. The number of hydrogen-bond donors (Lipinski definition) is 0. The van der Waals surface area contributed by atoms with Gasteiger partial charge in [-0.3, -0.25) is 9.69 Å². The average Bonchev–Trinajstić information content (AvgIpc) is 3.05. The minimum atomic E-state index is 0.185. The van der Waals surface area contributed by atoms with Crippen molar-refractivity contribution in [2.75, 3.05) is 12.0 Å². The zero-order valence-corrected chi connectivity index (χ0v) is 14.6. The molecule has 1 aromatic carbocycles. The summed E-state index contributed by atoms with van der Waals surface area (Å²) in [5.41, 5.74) is 1.23. The Morgan fingerprint density at radius 1 is 1.21 bits per heavy atom. The van der Waals surface area contributed by atoms with Gasteiger partial charge in [0, 0.05) is 18.5 Å². The van der Waals surface area contributed by atoms with Crippen LogP contribution in [0.4, 0.5) is 5.82 Å². The molecule has 128 valence electrons. The van der Waals surface area contributed by atoms with E-state index in [4.69, 9.17) is 4.74 Å². The molecule has 0 fully saturated rings. The van der Waals surface area contributed by atoms with E-state index in [0.29, 0.717) is 12.5 Å². The quantitative estimate of drug-likeness (QED) is 0.843. The lowest BCUT2D eigenvalue weighted by Gasteiger charge is -2.37. The molecule has 1 aliphatic rings. The molecule has 0 N–H and O–H groups in total. The van der Waals surface area contributed by atoms with E-state index in [2.05, 4.69) is 31.1 Å². The fourth-order valence-electron chi connectivity index (χ4n) is 3.49. The van der Waals surface area contributed by atoms with E-state index in [-0.39, 0.29) is 11.9 Å². The maximum absolute atomic E-state index is 12.7. The molecule has 0 saturated carbocycles. The predicted octanol–water partition coefficient (Wildman–Crippen LogP) is 3.60. The monoisotopic (exact) mass is 327 g/mol. The number of amides is 1. The second kappa shape index (κ2) is 7.07. The third-order valence-electron chi connectivity index (χ3n) is 4.72. The topological polar surface area (TPSA) is 47.4 Å². The molecule has 0 spiro atoms. The Morgan fingerprint density at radius 2 is 1.96 bits per heavy atom. The van der Waals surface area contributed by atoms with Gasteiger partial charge in [-0.05, 0) is 50.8 Å². The fraction of sp³-hybridized carbons (Fsp3) is 0.474. The maximum Gasteiger partial charge on any atom is 0.228 e. The van der Waals surface area contributed by atoms with Crippen LogP contribution in [0, 0.1) is 0 Å². The molecule has 1 aliphatic heterocycles. The van der Waals surface area contributed by atoms with E-state index in [9.17, 15) is 4.79 Å². The zero-order chi connectivity index (χ0) is 17.1. The summed E-state index contributed by atoms with van der Waals surface area (Å²) in [5, 5.41) is 4.36. The van der Waals surface area contributed by atoms with Gasteiger partial charge in [0.1, 0.15) is 11.6 Å². The number of methoxy groups -OCH3 is 1. The number of carbonyl (C=O) groups is 1. The van der Waals surface area contributed by atoms with Crippen molar-refractivity contribution in [3.63, 3.8) is 0 Å². The second-order valence-electron chi connectivity index (χ2n) is 6.53. The van der Waals surface area contributed by atoms with Crippen molar-refractivity contribution >= 4 is 11.7 Å². The number of hydrogen-bond acceptors (Lipinski definition) is 3. The molecular formula is C19H25N3O2. The summed E-state index contributed by atoms with van der Waals surface area (Å²) in [4.78, 5) is 14.6. The lowest BCUT2D eigenvalue weighted by Crippen LogP contribution is -2.44. The SMILES string of the molecule is COc1ccc(CCCC(=O)N2c3ccnn3C(C)CC2C)cc1. The number of rotatable bonds is 5. The van der Waals surface area contributed by atoms with Gasteiger partial charge in [0.05, 0.1) is 19.3 Å². The molecular weight excluding hydrogens is 302 g/mol. The number of benzene rings is 1. The van der Waals surface area contributed by atoms with Crippen molar-refractivity contribution in [3.8, 4) is 5.75 Å². The summed E-state index contributed by atoms with van der Waals surface area (Å²) < 4.78 is 7.13. The summed E-state index contributed by atoms with van der Waals surface area (Å²) in [5.74, 6) is 1.97. The molecule has 1 aromatic heterocycles. The minimum Gasteiger partial charge on any atom is -0.497 e. The van der Waals surface area contributed by atoms with Crippen LogP contribution in [-0.4, -0.2) is 28.8 Å². The van der Waals surface area contributed by atoms with Crippen LogP contribution in [0.25, 0.3) is 0 Å². The number of aryl methyl sites for hydroxylation is 1. The van der Waals surface area contributed by atoms with Crippen LogP contribution < -0.4 is 9.64 Å². The molecule has 1 amide bonds. The molecule has 0 aliphatic carbocycles. The first-order valence-electron chi connectivity index (χ1n) is 8.58. The second-order valence-corrected chi connectivity index (χ2v) is 6.53. The number of nitrogens with zero attached hydrogens (tertiary/aromatic N) is 3. The van der Waals surface area contributed by atoms with Gasteiger partial charge in [0.2, 0.25) is 5.91 Å². The lowest BCUT2D eigenvalue weighted by atomic mass is 10.0. The molecule has 0 bridgehead atoms. The molecule has 24 heavy (non-hydrogen) atoms. The van der Waals surface area contributed by atoms with Crippen molar-refractivity contribution < 1.29 is 9.53 Å². The van der Waals surface area contributed by atoms with Crippen LogP contribution >= 0.6 is 0 Å². The summed E-state index contributed by atoms with van der Waals surface area (Å²) in [6.07, 6.45) is 5.02. The van der Waals surface area contributed by atoms with Gasteiger partial charge in [-0.2, -0.15) is 5.10 Å². The molecule has 2 aromatic rings. The highest BCUT2D eigenvalue weighted by atomic mass is 16.5. The fourth-order valence-corrected chi connectivity index (χ4v) is 3.49. The average molecular weight is 327 g/mol. The summed E-state index contributed by atoms with van der Waals surface area (Å²) in [6, 6.07) is 10.5. The Morgan fingerprint density at radius 3 is 2.67 bits per heavy atom. The number of anilines is 1. The number of aromatic nitrogens is 2.